The summed E-state index contributed by atoms with van der Waals surface area (Å²) in [6.45, 7) is 5.48. The molecule has 31 heavy (non-hydrogen) atoms. The number of methoxy groups -OCH3 is 1. The Balaban J connectivity index is 1.94. The van der Waals surface area contributed by atoms with Crippen molar-refractivity contribution in [3.63, 3.8) is 0 Å². The van der Waals surface area contributed by atoms with Crippen molar-refractivity contribution in [2.45, 2.75) is 19.9 Å². The van der Waals surface area contributed by atoms with E-state index >= 15 is 0 Å². The maximum Gasteiger partial charge on any atom is 0.336 e. The van der Waals surface area contributed by atoms with Gasteiger partial charge in [-0.05, 0) is 50.2 Å². The van der Waals surface area contributed by atoms with Crippen molar-refractivity contribution in [1.29, 1.82) is 0 Å². The highest BCUT2D eigenvalue weighted by Gasteiger charge is 2.27. The van der Waals surface area contributed by atoms with Gasteiger partial charge in [-0.2, -0.15) is 0 Å². The first kappa shape index (κ1) is 20.9. The molecule has 0 unspecified atom stereocenters. The van der Waals surface area contributed by atoms with Crippen LogP contribution in [0, 0.1) is 6.92 Å². The number of aromatic nitrogens is 2. The summed E-state index contributed by atoms with van der Waals surface area (Å²) in [6.07, 6.45) is 0. The van der Waals surface area contributed by atoms with E-state index in [1.807, 2.05) is 13.0 Å². The lowest BCUT2D eigenvalue weighted by molar-refractivity contribution is -0.138. The summed E-state index contributed by atoms with van der Waals surface area (Å²) in [5, 5.41) is 0.386. The molecule has 2 heterocycles. The van der Waals surface area contributed by atoms with E-state index in [1.54, 1.807) is 55.3 Å². The lowest BCUT2D eigenvalue weighted by Gasteiger charge is -2.30. The van der Waals surface area contributed by atoms with Crippen LogP contribution in [0.1, 0.15) is 18.5 Å². The van der Waals surface area contributed by atoms with E-state index in [-0.39, 0.29) is 5.91 Å². The quantitative estimate of drug-likeness (QED) is 0.640. The van der Waals surface area contributed by atoms with E-state index in [4.69, 9.17) is 9.47 Å². The minimum atomic E-state index is -0.777. The largest absolute Gasteiger partial charge is 0.497 e. The third-order valence-corrected chi connectivity index (χ3v) is 5.64. The summed E-state index contributed by atoms with van der Waals surface area (Å²) in [6, 6.07) is 11.2. The molecular weight excluding hydrogens is 398 g/mol. The topological polar surface area (TPSA) is 82.8 Å². The smallest absolute Gasteiger partial charge is 0.336 e. The summed E-state index contributed by atoms with van der Waals surface area (Å²) in [5.41, 5.74) is 0.776. The van der Waals surface area contributed by atoms with Crippen LogP contribution in [0.3, 0.4) is 0 Å². The SMILES string of the molecule is COc1ccc(-n2c(=O)c3cc(C)ccc3n([C@H](C)C(=O)N3CCOCC3)c2=O)cc1. The first-order valence-corrected chi connectivity index (χ1v) is 10.2. The molecule has 0 bridgehead atoms. The molecule has 1 atom stereocenters. The average Bonchev–Trinajstić information content (AvgIpc) is 2.80. The number of hydrogen-bond donors (Lipinski definition) is 0. The fraction of sp³-hybridized carbons (Fsp3) is 0.348. The molecule has 0 N–H and O–H groups in total. The Morgan fingerprint density at radius 3 is 2.39 bits per heavy atom. The number of ether oxygens (including phenoxy) is 2. The molecule has 3 aromatic rings. The Bertz CT molecular complexity index is 1240. The summed E-state index contributed by atoms with van der Waals surface area (Å²) in [7, 11) is 1.55. The Kier molecular flexibility index (Phi) is 5.65. The minimum Gasteiger partial charge on any atom is -0.497 e. The van der Waals surface area contributed by atoms with E-state index in [9.17, 15) is 14.4 Å². The van der Waals surface area contributed by atoms with Crippen LogP contribution in [0.4, 0.5) is 0 Å². The number of aryl methyl sites for hydroxylation is 1. The van der Waals surface area contributed by atoms with Crippen molar-refractivity contribution < 1.29 is 14.3 Å². The average molecular weight is 423 g/mol. The molecule has 2 aromatic carbocycles. The number of morpholine rings is 1. The number of fused-ring (bicyclic) bond motifs is 1. The third kappa shape index (κ3) is 3.74. The highest BCUT2D eigenvalue weighted by Crippen LogP contribution is 2.19. The second kappa shape index (κ2) is 8.39. The van der Waals surface area contributed by atoms with Crippen molar-refractivity contribution in [3.05, 3.63) is 68.9 Å². The number of benzene rings is 2. The van der Waals surface area contributed by atoms with Gasteiger partial charge in [0.05, 0.1) is 36.9 Å². The third-order valence-electron chi connectivity index (χ3n) is 5.64. The first-order valence-electron chi connectivity index (χ1n) is 10.2. The molecule has 4 rings (SSSR count). The Morgan fingerprint density at radius 2 is 1.74 bits per heavy atom. The van der Waals surface area contributed by atoms with E-state index < -0.39 is 17.3 Å². The molecular formula is C23H25N3O5. The molecule has 1 aliphatic rings. The highest BCUT2D eigenvalue weighted by molar-refractivity contribution is 5.85. The zero-order valence-electron chi connectivity index (χ0n) is 17.8. The van der Waals surface area contributed by atoms with E-state index in [0.717, 1.165) is 10.1 Å². The zero-order chi connectivity index (χ0) is 22.1. The van der Waals surface area contributed by atoms with Gasteiger partial charge in [-0.3, -0.25) is 14.2 Å². The van der Waals surface area contributed by atoms with Crippen LogP contribution in [0.5, 0.6) is 5.75 Å². The molecule has 8 nitrogen and oxygen atoms in total. The van der Waals surface area contributed by atoms with Crippen LogP contribution in [0.25, 0.3) is 16.6 Å². The van der Waals surface area contributed by atoms with Crippen molar-refractivity contribution in [2.24, 2.45) is 0 Å². The van der Waals surface area contributed by atoms with Gasteiger partial charge in [0.2, 0.25) is 5.91 Å². The maximum atomic E-state index is 13.6. The molecule has 1 aromatic heterocycles. The summed E-state index contributed by atoms with van der Waals surface area (Å²) < 4.78 is 13.0. The number of carbonyl (C=O) groups excluding carboxylic acids is 1. The second-order valence-electron chi connectivity index (χ2n) is 7.63. The predicted molar refractivity (Wildman–Crippen MR) is 117 cm³/mol. The standard InChI is InChI=1S/C23H25N3O5/c1-15-4-9-20-19(14-15)22(28)26(17-5-7-18(30-3)8-6-17)23(29)25(20)16(2)21(27)24-10-12-31-13-11-24/h4-9,14,16H,10-13H2,1-3H3/t16-/m1/s1. The summed E-state index contributed by atoms with van der Waals surface area (Å²) in [5.74, 6) is 0.442. The molecule has 1 fully saturated rings. The maximum absolute atomic E-state index is 13.6. The van der Waals surface area contributed by atoms with Crippen LogP contribution in [0.15, 0.2) is 52.1 Å². The van der Waals surface area contributed by atoms with Gasteiger partial charge in [0, 0.05) is 13.1 Å². The number of carbonyl (C=O) groups is 1. The normalized spacial score (nSPS) is 15.1. The van der Waals surface area contributed by atoms with Gasteiger partial charge >= 0.3 is 5.69 Å². The Morgan fingerprint density at radius 1 is 1.06 bits per heavy atom. The summed E-state index contributed by atoms with van der Waals surface area (Å²) >= 11 is 0. The van der Waals surface area contributed by atoms with Crippen molar-refractivity contribution in [1.82, 2.24) is 14.0 Å². The van der Waals surface area contributed by atoms with Crippen LogP contribution in [-0.2, 0) is 9.53 Å². The van der Waals surface area contributed by atoms with Crippen LogP contribution >= 0.6 is 0 Å². The summed E-state index contributed by atoms with van der Waals surface area (Å²) in [4.78, 5) is 41.8. The number of nitrogens with zero attached hydrogens (tertiary/aromatic N) is 3. The van der Waals surface area contributed by atoms with Gasteiger partial charge in [0.15, 0.2) is 0 Å². The lowest BCUT2D eigenvalue weighted by Crippen LogP contribution is -2.47. The van der Waals surface area contributed by atoms with Crippen LogP contribution < -0.4 is 16.0 Å². The number of rotatable bonds is 4. The van der Waals surface area contributed by atoms with Gasteiger partial charge in [0.1, 0.15) is 11.8 Å². The lowest BCUT2D eigenvalue weighted by atomic mass is 10.1. The first-order chi connectivity index (χ1) is 14.9. The van der Waals surface area contributed by atoms with E-state index in [1.165, 1.54) is 4.57 Å². The Hall–Kier alpha value is -3.39. The van der Waals surface area contributed by atoms with Crippen LogP contribution in [-0.4, -0.2) is 53.4 Å². The molecule has 1 amide bonds. The fourth-order valence-corrected chi connectivity index (χ4v) is 3.94. The fourth-order valence-electron chi connectivity index (χ4n) is 3.94. The predicted octanol–water partition coefficient (Wildman–Crippen LogP) is 1.89. The molecule has 0 spiro atoms. The van der Waals surface area contributed by atoms with Gasteiger partial charge in [-0.15, -0.1) is 0 Å². The molecule has 162 valence electrons. The van der Waals surface area contributed by atoms with Gasteiger partial charge < -0.3 is 14.4 Å². The molecule has 0 saturated carbocycles. The molecule has 0 aliphatic carbocycles. The molecule has 1 saturated heterocycles. The van der Waals surface area contributed by atoms with Crippen molar-refractivity contribution in [3.8, 4) is 11.4 Å². The van der Waals surface area contributed by atoms with Crippen molar-refractivity contribution >= 4 is 16.8 Å². The van der Waals surface area contributed by atoms with E-state index in [0.29, 0.717) is 48.6 Å². The monoisotopic (exact) mass is 423 g/mol. The highest BCUT2D eigenvalue weighted by atomic mass is 16.5. The van der Waals surface area contributed by atoms with Crippen LogP contribution in [0.2, 0.25) is 0 Å². The van der Waals surface area contributed by atoms with E-state index in [2.05, 4.69) is 0 Å². The number of hydrogen-bond acceptors (Lipinski definition) is 5. The number of amides is 1. The zero-order valence-corrected chi connectivity index (χ0v) is 17.8. The molecule has 1 aliphatic heterocycles. The molecule has 0 radical (unpaired) electrons. The molecule has 8 heteroatoms. The Labute approximate surface area is 179 Å². The van der Waals surface area contributed by atoms with Gasteiger partial charge in [-0.1, -0.05) is 11.6 Å². The second-order valence-corrected chi connectivity index (χ2v) is 7.63. The van der Waals surface area contributed by atoms with Gasteiger partial charge in [-0.25, -0.2) is 9.36 Å². The van der Waals surface area contributed by atoms with Gasteiger partial charge in [0.25, 0.3) is 5.56 Å². The minimum absolute atomic E-state index is 0.174. The van der Waals surface area contributed by atoms with Crippen molar-refractivity contribution in [2.75, 3.05) is 33.4 Å².